The van der Waals surface area contributed by atoms with Crippen molar-refractivity contribution in [3.63, 3.8) is 0 Å². The molecule has 0 bridgehead atoms. The van der Waals surface area contributed by atoms with Gasteiger partial charge >= 0.3 is 0 Å². The molecule has 0 radical (unpaired) electrons. The molecule has 0 unspecified atom stereocenters. The number of rotatable bonds is 4. The minimum atomic E-state index is -0.146. The molecule has 8 N–H and O–H groups in total. The van der Waals surface area contributed by atoms with Crippen molar-refractivity contribution in [2.75, 3.05) is 0 Å². The fourth-order valence-electron chi connectivity index (χ4n) is 4.29. The predicted octanol–water partition coefficient (Wildman–Crippen LogP) is 2.12. The molecule has 0 fully saturated rings. The Morgan fingerprint density at radius 2 is 0.491 bits per heavy atom. The number of aromatic hydroxyl groups is 6. The highest BCUT2D eigenvalue weighted by Crippen LogP contribution is 2.26. The maximum absolute atomic E-state index is 10.9. The molecule has 57 heavy (non-hydrogen) atoms. The Morgan fingerprint density at radius 1 is 0.333 bits per heavy atom. The van der Waals surface area contributed by atoms with Crippen LogP contribution in [0.4, 0.5) is 0 Å². The number of hydrogen-bond acceptors (Lipinski definition) is 16. The Balaban J connectivity index is 0.000000178. The number of phenolic OH excluding ortho intramolecular Hbond substituents is 6. The lowest BCUT2D eigenvalue weighted by Crippen LogP contribution is -2.23. The van der Waals surface area contributed by atoms with E-state index in [-0.39, 0.29) is 40.0 Å². The molecule has 21 nitrogen and oxygen atoms in total. The van der Waals surface area contributed by atoms with Gasteiger partial charge in [-0.1, -0.05) is 0 Å². The molecule has 8 rings (SSSR count). The molecular weight excluding hydrogens is 752 g/mol. The van der Waals surface area contributed by atoms with E-state index in [0.29, 0.717) is 64.7 Å². The zero-order chi connectivity index (χ0) is 40.2. The lowest BCUT2D eigenvalue weighted by Gasteiger charge is -1.96. The van der Waals surface area contributed by atoms with Crippen molar-refractivity contribution in [1.82, 2.24) is 20.4 Å². The monoisotopic (exact) mass is 782 g/mol. The van der Waals surface area contributed by atoms with Crippen molar-refractivity contribution < 1.29 is 63.9 Å². The third kappa shape index (κ3) is 12.2. The summed E-state index contributed by atoms with van der Waals surface area (Å²) < 4.78 is 13.7. The zero-order valence-corrected chi connectivity index (χ0v) is 28.9. The summed E-state index contributed by atoms with van der Waals surface area (Å²) >= 11 is 0. The maximum Gasteiger partial charge on any atom is 0.248 e. The second kappa shape index (κ2) is 18.9. The number of phenols is 6. The third-order valence-electron chi connectivity index (χ3n) is 6.82. The molecule has 6 aromatic heterocycles. The first kappa shape index (κ1) is 41.0. The number of benzene rings is 2. The summed E-state index contributed by atoms with van der Waals surface area (Å²) in [6.45, 7) is 0. The molecular formula is C36H30N8O13. The van der Waals surface area contributed by atoms with Crippen molar-refractivity contribution >= 4 is 0 Å². The Kier molecular flexibility index (Phi) is 13.6. The van der Waals surface area contributed by atoms with Crippen molar-refractivity contribution in [1.29, 1.82) is 0 Å². The molecule has 0 saturated heterocycles. The van der Waals surface area contributed by atoms with Crippen LogP contribution in [0.1, 0.15) is 0 Å². The normalized spacial score (nSPS) is 9.96. The zero-order valence-electron chi connectivity index (χ0n) is 28.9. The largest absolute Gasteiger partial charge is 0.619 e. The van der Waals surface area contributed by atoms with E-state index >= 15 is 0 Å². The minimum Gasteiger partial charge on any atom is -0.619 e. The number of hydrogen-bond donors (Lipinski definition) is 6. The van der Waals surface area contributed by atoms with Crippen molar-refractivity contribution in [3.8, 4) is 80.3 Å². The molecule has 0 aliphatic rings. The van der Waals surface area contributed by atoms with E-state index in [4.69, 9.17) is 39.5 Å². The smallest absolute Gasteiger partial charge is 0.248 e. The summed E-state index contributed by atoms with van der Waals surface area (Å²) in [5.74, 6) is 0.382. The molecule has 0 aliphatic heterocycles. The highest BCUT2D eigenvalue weighted by atomic mass is 16.5. The van der Waals surface area contributed by atoms with Gasteiger partial charge in [-0.2, -0.15) is 18.9 Å². The fourth-order valence-corrected chi connectivity index (χ4v) is 4.29. The lowest BCUT2D eigenvalue weighted by molar-refractivity contribution is -0.605. The van der Waals surface area contributed by atoms with Gasteiger partial charge in [0, 0.05) is 84.9 Å². The van der Waals surface area contributed by atoms with Crippen LogP contribution in [-0.4, -0.2) is 56.5 Å². The molecule has 0 saturated carbocycles. The summed E-state index contributed by atoms with van der Waals surface area (Å²) in [6, 6.07) is 19.5. The maximum atomic E-state index is 10.9. The van der Waals surface area contributed by atoms with Crippen LogP contribution in [0, 0.1) is 20.8 Å². The van der Waals surface area contributed by atoms with Crippen LogP contribution >= 0.6 is 0 Å². The summed E-state index contributed by atoms with van der Waals surface area (Å²) in [5.41, 5.74) is 2.61. The van der Waals surface area contributed by atoms with E-state index in [0.717, 1.165) is 36.4 Å². The first-order valence-corrected chi connectivity index (χ1v) is 15.7. The molecule has 6 heterocycles. The van der Waals surface area contributed by atoms with Crippen molar-refractivity contribution in [3.05, 3.63) is 155 Å². The summed E-state index contributed by atoms with van der Waals surface area (Å²) in [5, 5.41) is 111. The quantitative estimate of drug-likeness (QED) is 0.110. The first-order chi connectivity index (χ1) is 26.8. The van der Waals surface area contributed by atoms with Crippen LogP contribution in [0.2, 0.25) is 0 Å². The van der Waals surface area contributed by atoms with Gasteiger partial charge in [0.1, 0.15) is 34.5 Å². The topological polar surface area (TPSA) is 338 Å². The van der Waals surface area contributed by atoms with Gasteiger partial charge in [0.2, 0.25) is 23.6 Å². The Morgan fingerprint density at radius 3 is 0.649 bits per heavy atom. The average Bonchev–Trinajstić information content (AvgIpc) is 3.84. The van der Waals surface area contributed by atoms with Gasteiger partial charge in [0.25, 0.3) is 0 Å². The van der Waals surface area contributed by atoms with E-state index in [2.05, 4.69) is 20.4 Å². The van der Waals surface area contributed by atoms with Crippen molar-refractivity contribution in [2.45, 2.75) is 0 Å². The van der Waals surface area contributed by atoms with Crippen LogP contribution in [0.5, 0.6) is 34.5 Å². The van der Waals surface area contributed by atoms with Crippen LogP contribution < -0.4 is 18.9 Å². The standard InChI is InChI=1S/2C12H8N4O3.2C6H6O3.H2O/c2*17-15-5-1-9(2-6-15)11-13-14-12(19-11)10-3-7-16(18)8-4-10;2*7-4-1-5(8)3-6(9)2-4;/h2*1-8H;2*1-3,7-9H;1H2. The Bertz CT molecular complexity index is 2080. The second-order valence-electron chi connectivity index (χ2n) is 11.0. The van der Waals surface area contributed by atoms with Gasteiger partial charge in [0.05, 0.1) is 22.3 Å². The van der Waals surface area contributed by atoms with Gasteiger partial charge in [-0.15, -0.1) is 20.4 Å². The highest BCUT2D eigenvalue weighted by Gasteiger charge is 2.13. The molecule has 2 aromatic carbocycles. The van der Waals surface area contributed by atoms with E-state index < -0.39 is 0 Å². The van der Waals surface area contributed by atoms with Crippen LogP contribution in [-0.2, 0) is 0 Å². The molecule has 0 spiro atoms. The summed E-state index contributed by atoms with van der Waals surface area (Å²) in [4.78, 5) is 0. The molecule has 0 atom stereocenters. The van der Waals surface area contributed by atoms with Gasteiger partial charge in [-0.05, 0) is 0 Å². The molecule has 292 valence electrons. The SMILES string of the molecule is O.Oc1cc(O)cc(O)c1.Oc1cc(O)cc(O)c1.[O-][n+]1ccc(-c2nnc(-c3cc[n+]([O-])cc3)o2)cc1.[O-][n+]1ccc(-c2nnc(-c3cc[n+]([O-])cc3)o2)cc1. The molecule has 8 aromatic rings. The summed E-state index contributed by atoms with van der Waals surface area (Å²) in [6.07, 6.45) is 10.8. The van der Waals surface area contributed by atoms with Crippen LogP contribution in [0.25, 0.3) is 45.8 Å². The van der Waals surface area contributed by atoms with Gasteiger partial charge in [-0.25, -0.2) is 0 Å². The Hall–Kier alpha value is -8.72. The third-order valence-corrected chi connectivity index (χ3v) is 6.82. The molecule has 21 heteroatoms. The van der Waals surface area contributed by atoms with Gasteiger partial charge in [-0.3, -0.25) is 0 Å². The fraction of sp³-hybridized carbons (Fsp3) is 0. The second-order valence-corrected chi connectivity index (χ2v) is 11.0. The Labute approximate surface area is 319 Å². The van der Waals surface area contributed by atoms with E-state index in [1.54, 1.807) is 48.5 Å². The predicted molar refractivity (Wildman–Crippen MR) is 193 cm³/mol. The van der Waals surface area contributed by atoms with Gasteiger partial charge in [0.15, 0.2) is 49.6 Å². The average molecular weight is 783 g/mol. The van der Waals surface area contributed by atoms with E-state index in [9.17, 15) is 20.8 Å². The lowest BCUT2D eigenvalue weighted by atomic mass is 10.3. The van der Waals surface area contributed by atoms with E-state index in [1.165, 1.54) is 49.6 Å². The molecule has 0 aliphatic carbocycles. The first-order valence-electron chi connectivity index (χ1n) is 15.7. The minimum absolute atomic E-state index is 0. The number of aromatic nitrogens is 8. The number of pyridine rings is 4. The van der Waals surface area contributed by atoms with Crippen LogP contribution in [0.15, 0.2) is 143 Å². The van der Waals surface area contributed by atoms with Crippen LogP contribution in [0.3, 0.4) is 0 Å². The van der Waals surface area contributed by atoms with E-state index in [1.807, 2.05) is 0 Å². The summed E-state index contributed by atoms with van der Waals surface area (Å²) in [7, 11) is 0. The highest BCUT2D eigenvalue weighted by molar-refractivity contribution is 5.57. The van der Waals surface area contributed by atoms with Gasteiger partial charge < -0.3 is 65.8 Å². The van der Waals surface area contributed by atoms with Crippen molar-refractivity contribution in [2.24, 2.45) is 0 Å². The number of nitrogens with zero attached hydrogens (tertiary/aromatic N) is 8. The molecule has 0 amide bonds.